The predicted molar refractivity (Wildman–Crippen MR) is 90.1 cm³/mol. The van der Waals surface area contributed by atoms with E-state index in [9.17, 15) is 20.2 Å². The van der Waals surface area contributed by atoms with Crippen molar-refractivity contribution in [2.75, 3.05) is 18.0 Å². The van der Waals surface area contributed by atoms with Crippen LogP contribution in [0.4, 0.5) is 11.4 Å². The zero-order valence-corrected chi connectivity index (χ0v) is 13.2. The normalized spacial score (nSPS) is 13.8. The molecule has 1 saturated heterocycles. The number of H-pyrrole nitrogens is 1. The van der Waals surface area contributed by atoms with Gasteiger partial charge >= 0.3 is 0 Å². The van der Waals surface area contributed by atoms with Gasteiger partial charge in [-0.15, -0.1) is 0 Å². The number of nitrogens with one attached hydrogen (secondary N) is 1. The molecule has 0 bridgehead atoms. The summed E-state index contributed by atoms with van der Waals surface area (Å²) in [5.41, 5.74) is 1.56. The van der Waals surface area contributed by atoms with Gasteiger partial charge in [0.25, 0.3) is 11.2 Å². The van der Waals surface area contributed by atoms with Crippen LogP contribution in [0, 0.1) is 28.4 Å². The fraction of sp³-hybridized carbons (Fsp3) is 0.294. The number of rotatable bonds is 3. The molecule has 0 saturated carbocycles. The summed E-state index contributed by atoms with van der Waals surface area (Å²) in [6.07, 6.45) is 2.04. The molecular weight excluding hydrogens is 308 g/mol. The summed E-state index contributed by atoms with van der Waals surface area (Å²) < 4.78 is 0. The Labute approximate surface area is 138 Å². The van der Waals surface area contributed by atoms with E-state index in [4.69, 9.17) is 0 Å². The maximum absolute atomic E-state index is 11.9. The lowest BCUT2D eigenvalue weighted by molar-refractivity contribution is -0.384. The van der Waals surface area contributed by atoms with E-state index in [2.05, 4.69) is 4.98 Å². The van der Waals surface area contributed by atoms with Gasteiger partial charge in [-0.1, -0.05) is 6.07 Å². The van der Waals surface area contributed by atoms with Gasteiger partial charge in [-0.05, 0) is 37.5 Å². The summed E-state index contributed by atoms with van der Waals surface area (Å²) in [7, 11) is 0. The number of aryl methyl sites for hydroxylation is 1. The first-order valence-electron chi connectivity index (χ1n) is 7.69. The molecule has 7 heteroatoms. The molecule has 3 rings (SSSR count). The minimum Gasteiger partial charge on any atom is -0.366 e. The molecule has 0 amide bonds. The molecule has 0 atom stereocenters. The average Bonchev–Trinajstić information content (AvgIpc) is 3.08. The topological polar surface area (TPSA) is 103 Å². The van der Waals surface area contributed by atoms with Crippen molar-refractivity contribution in [3.63, 3.8) is 0 Å². The fourth-order valence-electron chi connectivity index (χ4n) is 3.09. The van der Waals surface area contributed by atoms with Gasteiger partial charge in [-0.3, -0.25) is 14.9 Å². The molecule has 0 unspecified atom stereocenters. The Morgan fingerprint density at radius 3 is 2.62 bits per heavy atom. The fourth-order valence-corrected chi connectivity index (χ4v) is 3.09. The third-order valence-corrected chi connectivity index (χ3v) is 4.21. The second-order valence-corrected chi connectivity index (χ2v) is 5.84. The number of nitro groups is 1. The van der Waals surface area contributed by atoms with Gasteiger partial charge in [-0.25, -0.2) is 0 Å². The predicted octanol–water partition coefficient (Wildman–Crippen LogP) is 2.73. The van der Waals surface area contributed by atoms with E-state index in [-0.39, 0.29) is 11.3 Å². The summed E-state index contributed by atoms with van der Waals surface area (Å²) in [4.78, 5) is 27.6. The van der Waals surface area contributed by atoms with Crippen molar-refractivity contribution >= 4 is 11.4 Å². The molecule has 2 aromatic rings. The molecule has 24 heavy (non-hydrogen) atoms. The largest absolute Gasteiger partial charge is 0.366 e. The van der Waals surface area contributed by atoms with Crippen LogP contribution in [-0.4, -0.2) is 23.0 Å². The van der Waals surface area contributed by atoms with Crippen LogP contribution in [0.3, 0.4) is 0 Å². The van der Waals surface area contributed by atoms with Crippen LogP contribution in [0.5, 0.6) is 0 Å². The van der Waals surface area contributed by atoms with Crippen molar-refractivity contribution < 1.29 is 4.92 Å². The van der Waals surface area contributed by atoms with Crippen LogP contribution in [0.1, 0.15) is 24.1 Å². The van der Waals surface area contributed by atoms with Gasteiger partial charge in [0.05, 0.1) is 4.92 Å². The lowest BCUT2D eigenvalue weighted by Gasteiger charge is -2.18. The summed E-state index contributed by atoms with van der Waals surface area (Å²) in [5, 5.41) is 20.7. The number of aromatic amines is 1. The molecule has 0 radical (unpaired) electrons. The lowest BCUT2D eigenvalue weighted by atomic mass is 10.00. The molecule has 2 heterocycles. The molecule has 7 nitrogen and oxygen atoms in total. The number of hydrogen-bond donors (Lipinski definition) is 1. The van der Waals surface area contributed by atoms with Gasteiger partial charge < -0.3 is 9.88 Å². The third kappa shape index (κ3) is 2.74. The van der Waals surface area contributed by atoms with Crippen LogP contribution >= 0.6 is 0 Å². The molecule has 0 aliphatic carbocycles. The minimum atomic E-state index is -0.487. The maximum Gasteiger partial charge on any atom is 0.293 e. The molecule has 122 valence electrons. The quantitative estimate of drug-likeness (QED) is 0.690. The zero-order chi connectivity index (χ0) is 17.3. The number of hydrogen-bond acceptors (Lipinski definition) is 5. The Balaban J connectivity index is 2.17. The van der Waals surface area contributed by atoms with Crippen molar-refractivity contribution in [2.45, 2.75) is 19.8 Å². The SMILES string of the molecule is Cc1cc(-c2ccc(N3CCCC3)c([N+](=O)[O-])c2)c(C#N)c(=O)[nH]1. The van der Waals surface area contributed by atoms with E-state index in [1.54, 1.807) is 25.1 Å². The smallest absolute Gasteiger partial charge is 0.293 e. The summed E-state index contributed by atoms with van der Waals surface area (Å²) in [6, 6.07) is 8.43. The molecule has 1 aromatic carbocycles. The van der Waals surface area contributed by atoms with Crippen LogP contribution < -0.4 is 10.5 Å². The number of pyridine rings is 1. The van der Waals surface area contributed by atoms with Crippen molar-refractivity contribution in [1.82, 2.24) is 4.98 Å². The van der Waals surface area contributed by atoms with Crippen LogP contribution in [0.25, 0.3) is 11.1 Å². The zero-order valence-electron chi connectivity index (χ0n) is 13.2. The second kappa shape index (κ2) is 6.16. The second-order valence-electron chi connectivity index (χ2n) is 5.84. The average molecular weight is 324 g/mol. The van der Waals surface area contributed by atoms with Crippen LogP contribution in [0.2, 0.25) is 0 Å². The van der Waals surface area contributed by atoms with Crippen LogP contribution in [-0.2, 0) is 0 Å². The number of benzene rings is 1. The highest BCUT2D eigenvalue weighted by atomic mass is 16.6. The van der Waals surface area contributed by atoms with Gasteiger partial charge in [0.1, 0.15) is 17.3 Å². The monoisotopic (exact) mass is 324 g/mol. The summed E-state index contributed by atoms with van der Waals surface area (Å²) in [6.45, 7) is 3.31. The Morgan fingerprint density at radius 1 is 1.29 bits per heavy atom. The van der Waals surface area contributed by atoms with E-state index < -0.39 is 10.5 Å². The van der Waals surface area contributed by atoms with Gasteiger partial charge in [0, 0.05) is 30.4 Å². The van der Waals surface area contributed by atoms with Gasteiger partial charge in [0.2, 0.25) is 0 Å². The van der Waals surface area contributed by atoms with E-state index in [1.165, 1.54) is 6.07 Å². The van der Waals surface area contributed by atoms with Crippen molar-refractivity contribution in [1.29, 1.82) is 5.26 Å². The summed E-state index contributed by atoms with van der Waals surface area (Å²) >= 11 is 0. The van der Waals surface area contributed by atoms with Gasteiger partial charge in [0.15, 0.2) is 0 Å². The third-order valence-electron chi connectivity index (χ3n) is 4.21. The molecule has 1 N–H and O–H groups in total. The first-order valence-corrected chi connectivity index (χ1v) is 7.69. The van der Waals surface area contributed by atoms with E-state index >= 15 is 0 Å². The maximum atomic E-state index is 11.9. The minimum absolute atomic E-state index is 0.00350. The highest BCUT2D eigenvalue weighted by Gasteiger charge is 2.23. The van der Waals surface area contributed by atoms with Crippen molar-refractivity contribution in [2.24, 2.45) is 0 Å². The van der Waals surface area contributed by atoms with Crippen molar-refractivity contribution in [3.05, 3.63) is 56.0 Å². The Morgan fingerprint density at radius 2 is 2.00 bits per heavy atom. The van der Waals surface area contributed by atoms with Gasteiger partial charge in [-0.2, -0.15) is 5.26 Å². The first kappa shape index (κ1) is 15.7. The van der Waals surface area contributed by atoms with Crippen molar-refractivity contribution in [3.8, 4) is 17.2 Å². The van der Waals surface area contributed by atoms with Crippen LogP contribution in [0.15, 0.2) is 29.1 Å². The highest BCUT2D eigenvalue weighted by Crippen LogP contribution is 2.35. The Kier molecular flexibility index (Phi) is 4.04. The number of nitriles is 1. The summed E-state index contributed by atoms with van der Waals surface area (Å²) in [5.74, 6) is 0. The number of nitro benzene ring substituents is 1. The van der Waals surface area contributed by atoms with E-state index in [0.29, 0.717) is 22.5 Å². The van der Waals surface area contributed by atoms with E-state index in [0.717, 1.165) is 25.9 Å². The Hall–Kier alpha value is -3.14. The molecule has 1 aromatic heterocycles. The number of nitrogens with zero attached hydrogens (tertiary/aromatic N) is 3. The van der Waals surface area contributed by atoms with E-state index in [1.807, 2.05) is 11.0 Å². The standard InChI is InChI=1S/C17H16N4O3/c1-11-8-13(14(10-18)17(22)19-11)12-4-5-15(16(9-12)21(23)24)20-6-2-3-7-20/h4-5,8-9H,2-3,6-7H2,1H3,(H,19,22). The number of anilines is 1. The molecule has 1 fully saturated rings. The number of aromatic nitrogens is 1. The first-order chi connectivity index (χ1) is 11.5. The molecule has 1 aliphatic heterocycles. The Bertz CT molecular complexity index is 905. The lowest BCUT2D eigenvalue weighted by Crippen LogP contribution is -2.19. The highest BCUT2D eigenvalue weighted by molar-refractivity contribution is 5.77. The molecule has 1 aliphatic rings. The molecular formula is C17H16N4O3. The molecule has 0 spiro atoms.